The van der Waals surface area contributed by atoms with Crippen molar-refractivity contribution in [3.05, 3.63) is 59.9 Å². The highest BCUT2D eigenvalue weighted by molar-refractivity contribution is 6.99. The predicted molar refractivity (Wildman–Crippen MR) is 127 cm³/mol. The summed E-state index contributed by atoms with van der Waals surface area (Å²) in [6.45, 7) is 9.08. The van der Waals surface area contributed by atoms with Crippen LogP contribution in [0.15, 0.2) is 57.3 Å². The molecule has 2 aliphatic heterocycles. The number of nitrogens with zero attached hydrogens (tertiary/aromatic N) is 8. The van der Waals surface area contributed by atoms with E-state index in [0.29, 0.717) is 48.3 Å². The Morgan fingerprint density at radius 2 is 1.23 bits per heavy atom. The van der Waals surface area contributed by atoms with Gasteiger partial charge in [-0.05, 0) is 24.3 Å². The van der Waals surface area contributed by atoms with Gasteiger partial charge in [0.15, 0.2) is 11.6 Å². The summed E-state index contributed by atoms with van der Waals surface area (Å²) < 4.78 is 30.9. The summed E-state index contributed by atoms with van der Waals surface area (Å²) in [7, 11) is 0. The number of hydrogen-bond acceptors (Lipinski definition) is 13. The Bertz CT molecular complexity index is 1210. The van der Waals surface area contributed by atoms with Gasteiger partial charge < -0.3 is 18.5 Å². The number of ether oxygens (including phenoxy) is 2. The molecule has 0 unspecified atom stereocenters. The third-order valence-corrected chi connectivity index (χ3v) is 5.56. The van der Waals surface area contributed by atoms with Crippen molar-refractivity contribution in [3.8, 4) is 11.8 Å². The van der Waals surface area contributed by atoms with E-state index in [9.17, 15) is 0 Å². The van der Waals surface area contributed by atoms with Crippen LogP contribution >= 0.6 is 11.7 Å². The largest absolute Gasteiger partial charge is 0.434 e. The van der Waals surface area contributed by atoms with Crippen molar-refractivity contribution in [2.24, 2.45) is 0 Å². The molecule has 12 nitrogen and oxygen atoms in total. The molecule has 0 bridgehead atoms. The molecule has 5 heterocycles. The highest BCUT2D eigenvalue weighted by Crippen LogP contribution is 2.30. The Balaban J connectivity index is 1.18. The molecule has 0 saturated carbocycles. The number of hydrogen-bond donors (Lipinski definition) is 0. The fourth-order valence-corrected chi connectivity index (χ4v) is 3.49. The molecule has 0 spiro atoms. The summed E-state index contributed by atoms with van der Waals surface area (Å²) in [4.78, 5) is 12.5. The minimum Gasteiger partial charge on any atom is -0.434 e. The van der Waals surface area contributed by atoms with Gasteiger partial charge in [-0.2, -0.15) is 9.97 Å². The van der Waals surface area contributed by atoms with Crippen molar-refractivity contribution in [1.29, 1.82) is 0 Å². The van der Waals surface area contributed by atoms with Gasteiger partial charge in [-0.15, -0.1) is 8.75 Å². The molecule has 0 aromatic carbocycles. The maximum atomic E-state index is 5.91. The van der Waals surface area contributed by atoms with Crippen molar-refractivity contribution < 1.29 is 18.5 Å². The van der Waals surface area contributed by atoms with E-state index in [1.54, 1.807) is 12.2 Å². The Kier molecular flexibility index (Phi) is 6.31. The van der Waals surface area contributed by atoms with E-state index >= 15 is 0 Å². The summed E-state index contributed by atoms with van der Waals surface area (Å²) in [5, 5.41) is 7.99. The van der Waals surface area contributed by atoms with Crippen molar-refractivity contribution in [1.82, 2.24) is 29.0 Å². The Labute approximate surface area is 205 Å². The fraction of sp³-hybridized carbons (Fsp3) is 0.364. The quantitative estimate of drug-likeness (QED) is 0.444. The van der Waals surface area contributed by atoms with Gasteiger partial charge in [-0.1, -0.05) is 38.0 Å². The predicted octanol–water partition coefficient (Wildman–Crippen LogP) is 4.14. The van der Waals surface area contributed by atoms with Gasteiger partial charge in [-0.3, -0.25) is 9.80 Å². The second-order valence-electron chi connectivity index (χ2n) is 8.41. The molecule has 0 saturated heterocycles. The number of allylic oxidation sites excluding steroid dienone is 2. The van der Waals surface area contributed by atoms with E-state index < -0.39 is 0 Å². The first-order chi connectivity index (χ1) is 17.0. The molecule has 13 heteroatoms. The van der Waals surface area contributed by atoms with Gasteiger partial charge in [0.2, 0.25) is 0 Å². The molecule has 0 N–H and O–H groups in total. The molecule has 2 aliphatic rings. The third kappa shape index (κ3) is 5.09. The SMILES string of the molecule is CC(C)c1noc(N2C=CC(Oc3nsnc3OC3=CCN(c4nc(C(C)C)no4)C=C3)=CC2)n1. The lowest BCUT2D eigenvalue weighted by Gasteiger charge is -2.18. The van der Waals surface area contributed by atoms with E-state index in [1.165, 1.54) is 0 Å². The number of anilines is 2. The summed E-state index contributed by atoms with van der Waals surface area (Å²) in [6.07, 6.45) is 11.0. The van der Waals surface area contributed by atoms with Gasteiger partial charge in [0.25, 0.3) is 11.8 Å². The van der Waals surface area contributed by atoms with Gasteiger partial charge in [0.05, 0.1) is 11.7 Å². The molecule has 0 amide bonds. The smallest absolute Gasteiger partial charge is 0.328 e. The molecular weight excluding hydrogens is 472 g/mol. The van der Waals surface area contributed by atoms with E-state index in [2.05, 4.69) is 29.0 Å². The van der Waals surface area contributed by atoms with Gasteiger partial charge >= 0.3 is 12.0 Å². The van der Waals surface area contributed by atoms with Crippen LogP contribution in [-0.4, -0.2) is 42.1 Å². The molecule has 0 radical (unpaired) electrons. The number of aromatic nitrogens is 6. The van der Waals surface area contributed by atoms with Crippen LogP contribution < -0.4 is 19.3 Å². The Hall–Kier alpha value is -4.00. The highest BCUT2D eigenvalue weighted by Gasteiger charge is 2.21. The van der Waals surface area contributed by atoms with E-state index in [0.717, 1.165) is 11.7 Å². The summed E-state index contributed by atoms with van der Waals surface area (Å²) in [5.41, 5.74) is 0. The Morgan fingerprint density at radius 1 is 0.771 bits per heavy atom. The lowest BCUT2D eigenvalue weighted by molar-refractivity contribution is 0.364. The first-order valence-corrected chi connectivity index (χ1v) is 11.8. The van der Waals surface area contributed by atoms with Gasteiger partial charge in [0, 0.05) is 37.3 Å². The van der Waals surface area contributed by atoms with Crippen LogP contribution in [-0.2, 0) is 0 Å². The van der Waals surface area contributed by atoms with Crippen LogP contribution in [0.1, 0.15) is 51.2 Å². The van der Waals surface area contributed by atoms with Crippen LogP contribution in [0.5, 0.6) is 11.8 Å². The van der Waals surface area contributed by atoms with Gasteiger partial charge in [0.1, 0.15) is 11.5 Å². The number of rotatable bonds is 8. The maximum absolute atomic E-state index is 5.91. The molecule has 3 aromatic rings. The van der Waals surface area contributed by atoms with Crippen LogP contribution in [0.4, 0.5) is 12.0 Å². The minimum absolute atomic E-state index is 0.194. The molecule has 0 atom stereocenters. The third-order valence-electron chi connectivity index (χ3n) is 5.06. The van der Waals surface area contributed by atoms with Crippen LogP contribution in [0.25, 0.3) is 0 Å². The van der Waals surface area contributed by atoms with E-state index in [-0.39, 0.29) is 23.6 Å². The molecular formula is C22H24N8O4S. The van der Waals surface area contributed by atoms with Crippen LogP contribution in [0.3, 0.4) is 0 Å². The average Bonchev–Trinajstić information content (AvgIpc) is 3.62. The molecule has 35 heavy (non-hydrogen) atoms. The zero-order valence-electron chi connectivity index (χ0n) is 19.7. The standard InChI is InChI=1S/C22H24N8O4S/c1-13(2)17-23-21(33-25-17)29-9-5-15(6-10-29)31-19-20(28-35-27-19)32-16-7-11-30(12-8-16)22-24-18(14(3)4)26-34-22/h5-9,11,13-14H,10,12H2,1-4H3. The van der Waals surface area contributed by atoms with Crippen molar-refractivity contribution in [2.45, 2.75) is 39.5 Å². The first kappa shape index (κ1) is 22.8. The minimum atomic E-state index is 0.194. The zero-order chi connectivity index (χ0) is 24.4. The van der Waals surface area contributed by atoms with Crippen molar-refractivity contribution >= 4 is 23.8 Å². The second-order valence-corrected chi connectivity index (χ2v) is 8.94. The molecule has 0 fully saturated rings. The molecule has 182 valence electrons. The lowest BCUT2D eigenvalue weighted by atomic mass is 10.2. The summed E-state index contributed by atoms with van der Waals surface area (Å²) >= 11 is 1.01. The van der Waals surface area contributed by atoms with Crippen LogP contribution in [0.2, 0.25) is 0 Å². The van der Waals surface area contributed by atoms with Crippen molar-refractivity contribution in [3.63, 3.8) is 0 Å². The Morgan fingerprint density at radius 3 is 1.57 bits per heavy atom. The summed E-state index contributed by atoms with van der Waals surface area (Å²) in [5.74, 6) is 3.52. The lowest BCUT2D eigenvalue weighted by Crippen LogP contribution is -2.20. The molecule has 3 aromatic heterocycles. The fourth-order valence-electron chi connectivity index (χ4n) is 3.07. The zero-order valence-corrected chi connectivity index (χ0v) is 20.5. The average molecular weight is 497 g/mol. The van der Waals surface area contributed by atoms with Crippen molar-refractivity contribution in [2.75, 3.05) is 22.9 Å². The monoisotopic (exact) mass is 496 g/mol. The first-order valence-electron chi connectivity index (χ1n) is 11.1. The van der Waals surface area contributed by atoms with E-state index in [1.807, 2.05) is 62.0 Å². The molecule has 0 aliphatic carbocycles. The highest BCUT2D eigenvalue weighted by atomic mass is 32.1. The molecule has 5 rings (SSSR count). The normalized spacial score (nSPS) is 15.7. The summed E-state index contributed by atoms with van der Waals surface area (Å²) in [6, 6.07) is 0.872. The van der Waals surface area contributed by atoms with Crippen LogP contribution in [0, 0.1) is 0 Å². The van der Waals surface area contributed by atoms with Gasteiger partial charge in [-0.25, -0.2) is 0 Å². The topological polar surface area (TPSA) is 129 Å². The second kappa shape index (κ2) is 9.70. The maximum Gasteiger partial charge on any atom is 0.328 e. The van der Waals surface area contributed by atoms with E-state index in [4.69, 9.17) is 18.5 Å².